The fourth-order valence-corrected chi connectivity index (χ4v) is 2.44. The van der Waals surface area contributed by atoms with Crippen molar-refractivity contribution in [2.24, 2.45) is 5.92 Å². The van der Waals surface area contributed by atoms with Gasteiger partial charge in [-0.3, -0.25) is 4.79 Å². The van der Waals surface area contributed by atoms with Gasteiger partial charge < -0.3 is 4.74 Å². The minimum atomic E-state index is -0.116. The predicted octanol–water partition coefficient (Wildman–Crippen LogP) is 1.62. The number of carbonyl (C=O) groups is 1. The second-order valence-corrected chi connectivity index (χ2v) is 5.11. The van der Waals surface area contributed by atoms with E-state index < -0.39 is 0 Å². The summed E-state index contributed by atoms with van der Waals surface area (Å²) in [4.78, 5) is 10.9. The molecule has 1 heterocycles. The molecule has 1 rings (SSSR count). The van der Waals surface area contributed by atoms with Crippen molar-refractivity contribution >= 4 is 43.4 Å². The van der Waals surface area contributed by atoms with E-state index in [0.717, 1.165) is 26.1 Å². The highest BCUT2D eigenvalue weighted by molar-refractivity contribution is 7.96. The Hall–Kier alpha value is 0.640. The molecule has 1 fully saturated rings. The average Bonchev–Trinajstić information content (AvgIpc) is 2.15. The minimum absolute atomic E-state index is 0.0515. The topological polar surface area (TPSA) is 29.5 Å². The van der Waals surface area contributed by atoms with Crippen LogP contribution in [0, 0.1) is 5.92 Å². The van der Waals surface area contributed by atoms with Gasteiger partial charge in [-0.2, -0.15) is 3.71 Å². The summed E-state index contributed by atoms with van der Waals surface area (Å²) < 4.78 is 6.78. The Labute approximate surface area is 101 Å². The maximum absolute atomic E-state index is 10.9. The van der Waals surface area contributed by atoms with Gasteiger partial charge in [-0.15, -0.1) is 12.6 Å². The number of hydrogen-bond donors (Lipinski definition) is 3. The van der Waals surface area contributed by atoms with Gasteiger partial charge in [0.25, 0.3) is 0 Å². The Morgan fingerprint density at radius 2 is 2.00 bits per heavy atom. The molecule has 1 aliphatic rings. The second-order valence-electron chi connectivity index (χ2n) is 3.44. The largest absolute Gasteiger partial charge is 0.381 e. The van der Waals surface area contributed by atoms with E-state index in [-0.39, 0.29) is 11.2 Å². The highest BCUT2D eigenvalue weighted by atomic mass is 32.2. The van der Waals surface area contributed by atoms with E-state index in [0.29, 0.717) is 12.3 Å². The monoisotopic (exact) mass is 253 g/mol. The van der Waals surface area contributed by atoms with E-state index in [1.807, 2.05) is 0 Å². The van der Waals surface area contributed by atoms with Crippen molar-refractivity contribution in [3.05, 3.63) is 0 Å². The van der Waals surface area contributed by atoms with Crippen LogP contribution in [-0.2, 0) is 9.53 Å². The first-order chi connectivity index (χ1) is 6.61. The summed E-state index contributed by atoms with van der Waals surface area (Å²) >= 11 is 12.1. The summed E-state index contributed by atoms with van der Waals surface area (Å²) in [5.74, 6) is 0.426. The summed E-state index contributed by atoms with van der Waals surface area (Å²) in [6, 6.07) is 0.0515. The predicted molar refractivity (Wildman–Crippen MR) is 65.8 cm³/mol. The Bertz CT molecular complexity index is 195. The van der Waals surface area contributed by atoms with Crippen LogP contribution in [0.4, 0.5) is 0 Å². The van der Waals surface area contributed by atoms with Crippen LogP contribution < -0.4 is 0 Å². The maximum atomic E-state index is 10.9. The molecule has 0 amide bonds. The zero-order chi connectivity index (χ0) is 10.6. The fourth-order valence-electron chi connectivity index (χ4n) is 1.72. The molecule has 1 aliphatic heterocycles. The number of ether oxygens (including phenoxy) is 1. The molecule has 0 bridgehead atoms. The van der Waals surface area contributed by atoms with Crippen LogP contribution >= 0.6 is 38.3 Å². The van der Waals surface area contributed by atoms with Crippen molar-refractivity contribution in [3.63, 3.8) is 0 Å². The molecule has 82 valence electrons. The Balaban J connectivity index is 2.51. The zero-order valence-corrected chi connectivity index (χ0v) is 10.5. The number of thiol groups is 3. The lowest BCUT2D eigenvalue weighted by Crippen LogP contribution is -2.34. The van der Waals surface area contributed by atoms with Gasteiger partial charge in [0.05, 0.1) is 0 Å². The molecule has 0 aromatic rings. The van der Waals surface area contributed by atoms with Crippen LogP contribution in [0.5, 0.6) is 0 Å². The minimum Gasteiger partial charge on any atom is -0.381 e. The molecule has 1 unspecified atom stereocenters. The zero-order valence-electron chi connectivity index (χ0n) is 7.80. The van der Waals surface area contributed by atoms with Crippen molar-refractivity contribution < 1.29 is 9.53 Å². The highest BCUT2D eigenvalue weighted by Crippen LogP contribution is 2.27. The van der Waals surface area contributed by atoms with Crippen molar-refractivity contribution in [2.45, 2.75) is 25.3 Å². The molecule has 0 aromatic heterocycles. The van der Waals surface area contributed by atoms with E-state index in [1.165, 1.54) is 3.71 Å². The van der Waals surface area contributed by atoms with Gasteiger partial charge >= 0.3 is 0 Å². The smallest absolute Gasteiger partial charge is 0.187 e. The van der Waals surface area contributed by atoms with Crippen molar-refractivity contribution in [2.75, 3.05) is 13.2 Å². The first kappa shape index (κ1) is 12.7. The maximum Gasteiger partial charge on any atom is 0.187 e. The third-order valence-corrected chi connectivity index (χ3v) is 3.27. The molecule has 0 saturated carbocycles. The Morgan fingerprint density at radius 1 is 1.43 bits per heavy atom. The second kappa shape index (κ2) is 6.27. The van der Waals surface area contributed by atoms with E-state index in [1.54, 1.807) is 0 Å². The third kappa shape index (κ3) is 4.02. The quantitative estimate of drug-likeness (QED) is 0.665. The summed E-state index contributed by atoms with van der Waals surface area (Å²) in [6.07, 6.45) is 2.31. The summed E-state index contributed by atoms with van der Waals surface area (Å²) in [5, 5.41) is -0.116. The van der Waals surface area contributed by atoms with E-state index in [9.17, 15) is 4.79 Å². The van der Waals surface area contributed by atoms with Crippen molar-refractivity contribution in [3.8, 4) is 0 Å². The average molecular weight is 253 g/mol. The van der Waals surface area contributed by atoms with Gasteiger partial charge in [0.2, 0.25) is 0 Å². The number of nitrogens with zero attached hydrogens (tertiary/aromatic N) is 1. The van der Waals surface area contributed by atoms with Crippen molar-refractivity contribution in [1.82, 2.24) is 3.71 Å². The van der Waals surface area contributed by atoms with Crippen LogP contribution in [0.2, 0.25) is 0 Å². The van der Waals surface area contributed by atoms with E-state index in [2.05, 4.69) is 38.3 Å². The molecule has 14 heavy (non-hydrogen) atoms. The molecule has 6 heteroatoms. The molecule has 3 nitrogen and oxygen atoms in total. The molecule has 1 atom stereocenters. The lowest BCUT2D eigenvalue weighted by Gasteiger charge is -2.32. The van der Waals surface area contributed by atoms with Crippen molar-refractivity contribution in [1.29, 1.82) is 0 Å². The van der Waals surface area contributed by atoms with Crippen LogP contribution in [0.1, 0.15) is 19.3 Å². The molecule has 1 saturated heterocycles. The molecular weight excluding hydrogens is 238 g/mol. The molecule has 0 aromatic carbocycles. The molecule has 0 N–H and O–H groups in total. The molecular formula is C8H15NO2S3. The summed E-state index contributed by atoms with van der Waals surface area (Å²) in [6.45, 7) is 1.52. The van der Waals surface area contributed by atoms with E-state index >= 15 is 0 Å². The lowest BCUT2D eigenvalue weighted by molar-refractivity contribution is -0.111. The molecule has 0 radical (unpaired) electrons. The number of carbonyl (C=O) groups excluding carboxylic acids is 1. The summed E-state index contributed by atoms with van der Waals surface area (Å²) in [7, 11) is 0. The van der Waals surface area contributed by atoms with Crippen LogP contribution in [0.15, 0.2) is 0 Å². The van der Waals surface area contributed by atoms with E-state index in [4.69, 9.17) is 4.74 Å². The highest BCUT2D eigenvalue weighted by Gasteiger charge is 2.27. The Morgan fingerprint density at radius 3 is 2.43 bits per heavy atom. The number of rotatable bonds is 4. The van der Waals surface area contributed by atoms with Crippen LogP contribution in [0.25, 0.3) is 0 Å². The SMILES string of the molecule is O=C(S)CC(C1CCOCC1)N(S)S. The first-order valence-electron chi connectivity index (χ1n) is 4.57. The van der Waals surface area contributed by atoms with Gasteiger partial charge in [-0.05, 0) is 18.8 Å². The molecule has 0 spiro atoms. The number of hydrogen-bond acceptors (Lipinski definition) is 5. The van der Waals surface area contributed by atoms with Crippen LogP contribution in [-0.4, -0.2) is 28.1 Å². The summed E-state index contributed by atoms with van der Waals surface area (Å²) in [5.41, 5.74) is 0. The van der Waals surface area contributed by atoms with Gasteiger partial charge in [-0.1, -0.05) is 25.6 Å². The van der Waals surface area contributed by atoms with Gasteiger partial charge in [0.1, 0.15) is 0 Å². The van der Waals surface area contributed by atoms with Gasteiger partial charge in [-0.25, -0.2) is 0 Å². The van der Waals surface area contributed by atoms with Gasteiger partial charge in [0, 0.05) is 25.7 Å². The van der Waals surface area contributed by atoms with Crippen LogP contribution in [0.3, 0.4) is 0 Å². The third-order valence-electron chi connectivity index (χ3n) is 2.49. The first-order valence-corrected chi connectivity index (χ1v) is 5.82. The van der Waals surface area contributed by atoms with Gasteiger partial charge in [0.15, 0.2) is 5.12 Å². The standard InChI is InChI=1S/C8H15NO2S3/c10-8(12)5-7(9(13)14)6-1-3-11-4-2-6/h6-7,13-14H,1-5H2,(H,10,12). The Kier molecular flexibility index (Phi) is 5.69. The lowest BCUT2D eigenvalue weighted by atomic mass is 9.91. The fraction of sp³-hybridized carbons (Fsp3) is 0.875. The normalized spacial score (nSPS) is 21.1. The molecule has 0 aliphatic carbocycles.